The van der Waals surface area contributed by atoms with Gasteiger partial charge >= 0.3 is 0 Å². The minimum absolute atomic E-state index is 0.436. The standard InChI is InChI=1S/C15H22N2S/c1-12-5-3-6-13(2)17(12)10-15-9-14(11-18-15)7-4-8-16/h9,11-13H,3,5-6,8,10,16H2,1-2H3. The molecular weight excluding hydrogens is 240 g/mol. The first-order valence-electron chi connectivity index (χ1n) is 6.73. The van der Waals surface area contributed by atoms with E-state index in [9.17, 15) is 0 Å². The van der Waals surface area contributed by atoms with Crippen LogP contribution in [0.25, 0.3) is 0 Å². The Bertz CT molecular complexity index is 431. The molecule has 2 heterocycles. The molecule has 1 aromatic heterocycles. The van der Waals surface area contributed by atoms with Gasteiger partial charge in [0.15, 0.2) is 0 Å². The summed E-state index contributed by atoms with van der Waals surface area (Å²) in [5.41, 5.74) is 6.50. The van der Waals surface area contributed by atoms with Gasteiger partial charge in [0.25, 0.3) is 0 Å². The molecule has 2 N–H and O–H groups in total. The molecule has 1 fully saturated rings. The fourth-order valence-corrected chi connectivity index (χ4v) is 3.47. The number of hydrogen-bond acceptors (Lipinski definition) is 3. The molecule has 0 aromatic carbocycles. The van der Waals surface area contributed by atoms with Crippen molar-refractivity contribution in [3.63, 3.8) is 0 Å². The van der Waals surface area contributed by atoms with Crippen LogP contribution in [-0.2, 0) is 6.54 Å². The third kappa shape index (κ3) is 3.35. The van der Waals surface area contributed by atoms with Gasteiger partial charge in [-0.25, -0.2) is 0 Å². The van der Waals surface area contributed by atoms with Gasteiger partial charge in [-0.2, -0.15) is 0 Å². The van der Waals surface area contributed by atoms with Crippen LogP contribution < -0.4 is 5.73 Å². The predicted octanol–water partition coefficient (Wildman–Crippen LogP) is 2.82. The summed E-state index contributed by atoms with van der Waals surface area (Å²) in [6.45, 7) is 6.19. The lowest BCUT2D eigenvalue weighted by Crippen LogP contribution is -2.42. The van der Waals surface area contributed by atoms with Crippen molar-refractivity contribution in [1.29, 1.82) is 0 Å². The lowest BCUT2D eigenvalue weighted by molar-refractivity contribution is 0.0964. The Hall–Kier alpha value is -0.820. The Morgan fingerprint density at radius 2 is 2.11 bits per heavy atom. The van der Waals surface area contributed by atoms with E-state index in [1.54, 1.807) is 0 Å². The maximum Gasteiger partial charge on any atom is 0.0555 e. The average Bonchev–Trinajstić information content (AvgIpc) is 2.79. The van der Waals surface area contributed by atoms with Crippen molar-refractivity contribution in [2.24, 2.45) is 5.73 Å². The Kier molecular flexibility index (Phi) is 4.82. The largest absolute Gasteiger partial charge is 0.320 e. The number of nitrogens with two attached hydrogens (primary N) is 1. The van der Waals surface area contributed by atoms with E-state index in [4.69, 9.17) is 5.73 Å². The van der Waals surface area contributed by atoms with Crippen LogP contribution >= 0.6 is 11.3 Å². The van der Waals surface area contributed by atoms with Crippen molar-refractivity contribution in [3.8, 4) is 11.8 Å². The smallest absolute Gasteiger partial charge is 0.0555 e. The number of rotatable bonds is 2. The van der Waals surface area contributed by atoms with Crippen molar-refractivity contribution in [1.82, 2.24) is 4.90 Å². The van der Waals surface area contributed by atoms with E-state index in [0.29, 0.717) is 18.6 Å². The van der Waals surface area contributed by atoms with Crippen LogP contribution in [-0.4, -0.2) is 23.5 Å². The van der Waals surface area contributed by atoms with Crippen molar-refractivity contribution in [2.75, 3.05) is 6.54 Å². The van der Waals surface area contributed by atoms with Gasteiger partial charge in [-0.05, 0) is 32.8 Å². The van der Waals surface area contributed by atoms with E-state index >= 15 is 0 Å². The van der Waals surface area contributed by atoms with Crippen LogP contribution in [0.4, 0.5) is 0 Å². The van der Waals surface area contributed by atoms with Crippen LogP contribution in [0.5, 0.6) is 0 Å². The van der Waals surface area contributed by atoms with Crippen LogP contribution in [0.3, 0.4) is 0 Å². The van der Waals surface area contributed by atoms with E-state index in [0.717, 1.165) is 12.1 Å². The molecule has 2 atom stereocenters. The van der Waals surface area contributed by atoms with Gasteiger partial charge in [-0.3, -0.25) is 4.90 Å². The summed E-state index contributed by atoms with van der Waals surface area (Å²) in [5, 5.41) is 2.14. The van der Waals surface area contributed by atoms with Crippen molar-refractivity contribution in [2.45, 2.75) is 51.7 Å². The minimum Gasteiger partial charge on any atom is -0.320 e. The minimum atomic E-state index is 0.436. The first kappa shape index (κ1) is 13.6. The van der Waals surface area contributed by atoms with Gasteiger partial charge in [-0.15, -0.1) is 11.3 Å². The van der Waals surface area contributed by atoms with E-state index in [1.807, 2.05) is 11.3 Å². The number of nitrogens with zero attached hydrogens (tertiary/aromatic N) is 1. The highest BCUT2D eigenvalue weighted by molar-refractivity contribution is 7.10. The van der Waals surface area contributed by atoms with E-state index in [-0.39, 0.29) is 0 Å². The monoisotopic (exact) mass is 262 g/mol. The molecular formula is C15H22N2S. The quantitative estimate of drug-likeness (QED) is 0.830. The Morgan fingerprint density at radius 3 is 2.78 bits per heavy atom. The highest BCUT2D eigenvalue weighted by Crippen LogP contribution is 2.26. The van der Waals surface area contributed by atoms with Gasteiger partial charge in [0.05, 0.1) is 6.54 Å². The molecule has 18 heavy (non-hydrogen) atoms. The van der Waals surface area contributed by atoms with Gasteiger partial charge in [-0.1, -0.05) is 18.3 Å². The highest BCUT2D eigenvalue weighted by Gasteiger charge is 2.24. The molecule has 0 bridgehead atoms. The molecule has 1 aliphatic rings. The molecule has 3 heteroatoms. The van der Waals surface area contributed by atoms with Gasteiger partial charge in [0.2, 0.25) is 0 Å². The third-order valence-corrected chi connectivity index (χ3v) is 4.62. The maximum atomic E-state index is 5.39. The molecule has 1 aliphatic heterocycles. The second-order valence-electron chi connectivity index (χ2n) is 5.11. The fourth-order valence-electron chi connectivity index (χ4n) is 2.65. The molecule has 0 radical (unpaired) electrons. The Labute approximate surface area is 114 Å². The Morgan fingerprint density at radius 1 is 1.39 bits per heavy atom. The molecule has 0 amide bonds. The van der Waals surface area contributed by atoms with Gasteiger partial charge in [0.1, 0.15) is 0 Å². The SMILES string of the molecule is CC1CCCC(C)N1Cc1cc(C#CCN)cs1. The lowest BCUT2D eigenvalue weighted by atomic mass is 9.97. The van der Waals surface area contributed by atoms with Gasteiger partial charge < -0.3 is 5.73 Å². The van der Waals surface area contributed by atoms with Crippen molar-refractivity contribution >= 4 is 11.3 Å². The third-order valence-electron chi connectivity index (χ3n) is 3.70. The lowest BCUT2D eigenvalue weighted by Gasteiger charge is -2.38. The van der Waals surface area contributed by atoms with Crippen LogP contribution in [0.1, 0.15) is 43.6 Å². The second-order valence-corrected chi connectivity index (χ2v) is 6.10. The maximum absolute atomic E-state index is 5.39. The zero-order valence-corrected chi connectivity index (χ0v) is 12.1. The molecule has 2 rings (SSSR count). The van der Waals surface area contributed by atoms with E-state index < -0.39 is 0 Å². The van der Waals surface area contributed by atoms with Crippen LogP contribution in [0.15, 0.2) is 11.4 Å². The number of likely N-dealkylation sites (tertiary alicyclic amines) is 1. The van der Waals surface area contributed by atoms with E-state index in [2.05, 4.69) is 42.0 Å². The Balaban J connectivity index is 2.01. The second kappa shape index (κ2) is 6.38. The normalized spacial score (nSPS) is 24.6. The zero-order chi connectivity index (χ0) is 13.0. The van der Waals surface area contributed by atoms with Crippen LogP contribution in [0.2, 0.25) is 0 Å². The summed E-state index contributed by atoms with van der Waals surface area (Å²) in [6, 6.07) is 3.62. The number of hydrogen-bond donors (Lipinski definition) is 1. The molecule has 2 nitrogen and oxygen atoms in total. The molecule has 0 spiro atoms. The molecule has 0 aliphatic carbocycles. The summed E-state index contributed by atoms with van der Waals surface area (Å²) in [6.07, 6.45) is 4.03. The molecule has 0 saturated carbocycles. The van der Waals surface area contributed by atoms with Crippen molar-refractivity contribution in [3.05, 3.63) is 21.9 Å². The summed E-state index contributed by atoms with van der Waals surface area (Å²) >= 11 is 1.81. The molecule has 1 saturated heterocycles. The topological polar surface area (TPSA) is 29.3 Å². The summed E-state index contributed by atoms with van der Waals surface area (Å²) in [7, 11) is 0. The number of thiophene rings is 1. The van der Waals surface area contributed by atoms with Gasteiger partial charge in [0, 0.05) is 34.4 Å². The molecule has 98 valence electrons. The van der Waals surface area contributed by atoms with E-state index in [1.165, 1.54) is 24.1 Å². The highest BCUT2D eigenvalue weighted by atomic mass is 32.1. The fraction of sp³-hybridized carbons (Fsp3) is 0.600. The first-order chi connectivity index (χ1) is 8.70. The van der Waals surface area contributed by atoms with Crippen molar-refractivity contribution < 1.29 is 0 Å². The molecule has 1 aromatic rings. The summed E-state index contributed by atoms with van der Waals surface area (Å²) in [5.74, 6) is 6.01. The predicted molar refractivity (Wildman–Crippen MR) is 78.6 cm³/mol. The first-order valence-corrected chi connectivity index (χ1v) is 7.60. The van der Waals surface area contributed by atoms with Crippen LogP contribution in [0, 0.1) is 11.8 Å². The number of piperidine rings is 1. The summed E-state index contributed by atoms with van der Waals surface area (Å²) in [4.78, 5) is 4.03. The molecule has 2 unspecified atom stereocenters. The average molecular weight is 262 g/mol. The summed E-state index contributed by atoms with van der Waals surface area (Å²) < 4.78 is 0. The zero-order valence-electron chi connectivity index (χ0n) is 11.3.